The summed E-state index contributed by atoms with van der Waals surface area (Å²) in [5.74, 6) is 1.27. The molecule has 7 heteroatoms. The number of ether oxygens (including phenoxy) is 1. The smallest absolute Gasteiger partial charge is 0.242 e. The molecular formula is C11H15N5OS. The minimum Gasteiger partial charge on any atom is -0.479 e. The molecule has 2 rings (SSSR count). The molecule has 0 bridgehead atoms. The van der Waals surface area contributed by atoms with Crippen molar-refractivity contribution in [1.29, 1.82) is 0 Å². The number of nitrogen functional groups attached to an aromatic ring is 1. The van der Waals surface area contributed by atoms with Gasteiger partial charge >= 0.3 is 0 Å². The fraction of sp³-hybridized carbons (Fsp3) is 0.364. The molecule has 0 saturated carbocycles. The Bertz CT molecular complexity index is 502. The molecule has 2 aromatic rings. The average molecular weight is 265 g/mol. The summed E-state index contributed by atoms with van der Waals surface area (Å²) in [6.07, 6.45) is 3.23. The van der Waals surface area contributed by atoms with Gasteiger partial charge in [0.25, 0.3) is 0 Å². The molecule has 2 heterocycles. The van der Waals surface area contributed by atoms with Crippen LogP contribution in [0.3, 0.4) is 0 Å². The molecule has 0 aromatic carbocycles. The fourth-order valence-electron chi connectivity index (χ4n) is 1.50. The normalized spacial score (nSPS) is 12.1. The second kappa shape index (κ2) is 5.63. The van der Waals surface area contributed by atoms with Gasteiger partial charge in [-0.3, -0.25) is 0 Å². The van der Waals surface area contributed by atoms with E-state index in [0.717, 1.165) is 5.01 Å². The van der Waals surface area contributed by atoms with Crippen LogP contribution in [-0.4, -0.2) is 28.6 Å². The maximum Gasteiger partial charge on any atom is 0.242 e. The number of nitrogens with two attached hydrogens (primary N) is 1. The van der Waals surface area contributed by atoms with Crippen LogP contribution < -0.4 is 15.8 Å². The van der Waals surface area contributed by atoms with Crippen molar-refractivity contribution < 1.29 is 4.74 Å². The predicted molar refractivity (Wildman–Crippen MR) is 72.0 cm³/mol. The third-order valence-electron chi connectivity index (χ3n) is 2.49. The second-order valence-electron chi connectivity index (χ2n) is 3.80. The molecule has 0 aliphatic heterocycles. The molecule has 1 atom stereocenters. The van der Waals surface area contributed by atoms with E-state index >= 15 is 0 Å². The predicted octanol–water partition coefficient (Wildman–Crippen LogP) is 1.74. The zero-order valence-corrected chi connectivity index (χ0v) is 11.1. The lowest BCUT2D eigenvalue weighted by molar-refractivity contribution is 0.399. The van der Waals surface area contributed by atoms with Crippen LogP contribution in [0.4, 0.5) is 11.5 Å². The van der Waals surface area contributed by atoms with Crippen molar-refractivity contribution in [2.24, 2.45) is 0 Å². The van der Waals surface area contributed by atoms with E-state index in [1.807, 2.05) is 5.38 Å². The van der Waals surface area contributed by atoms with Crippen molar-refractivity contribution >= 4 is 22.8 Å². The van der Waals surface area contributed by atoms with Gasteiger partial charge in [0.1, 0.15) is 12.0 Å². The van der Waals surface area contributed by atoms with Gasteiger partial charge in [-0.2, -0.15) is 4.98 Å². The number of thiazole rings is 1. The third kappa shape index (κ3) is 2.67. The molecule has 0 amide bonds. The highest BCUT2D eigenvalue weighted by Crippen LogP contribution is 2.25. The maximum atomic E-state index is 5.87. The monoisotopic (exact) mass is 265 g/mol. The Morgan fingerprint density at radius 2 is 2.28 bits per heavy atom. The third-order valence-corrected chi connectivity index (χ3v) is 3.50. The first kappa shape index (κ1) is 12.6. The van der Waals surface area contributed by atoms with E-state index in [-0.39, 0.29) is 0 Å². The van der Waals surface area contributed by atoms with Crippen LogP contribution in [0, 0.1) is 0 Å². The summed E-state index contributed by atoms with van der Waals surface area (Å²) in [5.41, 5.74) is 6.30. The van der Waals surface area contributed by atoms with Crippen LogP contribution in [0.15, 0.2) is 17.9 Å². The Morgan fingerprint density at radius 1 is 1.44 bits per heavy atom. The molecular weight excluding hydrogens is 250 g/mol. The van der Waals surface area contributed by atoms with E-state index in [1.165, 1.54) is 13.4 Å². The lowest BCUT2D eigenvalue weighted by Crippen LogP contribution is -2.13. The minimum atomic E-state index is 0.297. The zero-order chi connectivity index (χ0) is 13.0. The molecule has 2 aromatic heterocycles. The van der Waals surface area contributed by atoms with E-state index in [9.17, 15) is 0 Å². The van der Waals surface area contributed by atoms with Crippen molar-refractivity contribution in [3.8, 4) is 5.88 Å². The number of methoxy groups -OCH3 is 1. The van der Waals surface area contributed by atoms with E-state index in [0.29, 0.717) is 29.8 Å². The van der Waals surface area contributed by atoms with Gasteiger partial charge in [-0.25, -0.2) is 9.97 Å². The molecule has 0 aliphatic carbocycles. The summed E-state index contributed by atoms with van der Waals surface area (Å²) in [5, 5.41) is 6.24. The number of hydrogen-bond donors (Lipinski definition) is 2. The first-order chi connectivity index (χ1) is 8.72. The van der Waals surface area contributed by atoms with Gasteiger partial charge in [0.2, 0.25) is 5.88 Å². The Labute approximate surface area is 109 Å². The lowest BCUT2D eigenvalue weighted by Gasteiger charge is -2.13. The van der Waals surface area contributed by atoms with Crippen LogP contribution in [0.5, 0.6) is 5.88 Å². The maximum absolute atomic E-state index is 5.87. The summed E-state index contributed by atoms with van der Waals surface area (Å²) in [4.78, 5) is 12.3. The molecule has 6 nitrogen and oxygen atoms in total. The number of hydrogen-bond acceptors (Lipinski definition) is 7. The van der Waals surface area contributed by atoms with Crippen molar-refractivity contribution in [2.45, 2.75) is 12.8 Å². The molecule has 0 aliphatic rings. The number of nitrogens with one attached hydrogen (secondary N) is 1. The first-order valence-electron chi connectivity index (χ1n) is 5.50. The van der Waals surface area contributed by atoms with E-state index in [1.54, 1.807) is 17.5 Å². The van der Waals surface area contributed by atoms with Gasteiger partial charge in [-0.05, 0) is 0 Å². The van der Waals surface area contributed by atoms with Crippen LogP contribution in [0.25, 0.3) is 0 Å². The lowest BCUT2D eigenvalue weighted by atomic mass is 10.2. The summed E-state index contributed by atoms with van der Waals surface area (Å²) in [6.45, 7) is 2.80. The number of rotatable bonds is 5. The molecule has 1 unspecified atom stereocenters. The van der Waals surface area contributed by atoms with Crippen LogP contribution in [-0.2, 0) is 0 Å². The number of nitrogens with zero attached hydrogens (tertiary/aromatic N) is 3. The highest BCUT2D eigenvalue weighted by molar-refractivity contribution is 7.09. The van der Waals surface area contributed by atoms with E-state index < -0.39 is 0 Å². The standard InChI is InChI=1S/C11H15N5OS/c1-7(11-13-3-4-18-11)5-14-9-8(12)10(17-2)16-6-15-9/h3-4,6-7H,5,12H2,1-2H3,(H,14,15,16). The summed E-state index contributed by atoms with van der Waals surface area (Å²) >= 11 is 1.64. The highest BCUT2D eigenvalue weighted by Gasteiger charge is 2.11. The van der Waals surface area contributed by atoms with Gasteiger partial charge in [0, 0.05) is 24.0 Å². The molecule has 0 saturated heterocycles. The zero-order valence-electron chi connectivity index (χ0n) is 10.3. The Hall–Kier alpha value is -1.89. The molecule has 96 valence electrons. The Balaban J connectivity index is 2.02. The summed E-state index contributed by atoms with van der Waals surface area (Å²) in [6, 6.07) is 0. The van der Waals surface area contributed by atoms with Crippen molar-refractivity contribution in [1.82, 2.24) is 15.0 Å². The quantitative estimate of drug-likeness (QED) is 0.856. The minimum absolute atomic E-state index is 0.297. The summed E-state index contributed by atoms with van der Waals surface area (Å²) < 4.78 is 5.04. The Kier molecular flexibility index (Phi) is 3.93. The van der Waals surface area contributed by atoms with Crippen LogP contribution in [0.2, 0.25) is 0 Å². The van der Waals surface area contributed by atoms with Crippen molar-refractivity contribution in [3.63, 3.8) is 0 Å². The highest BCUT2D eigenvalue weighted by atomic mass is 32.1. The van der Waals surface area contributed by atoms with Crippen molar-refractivity contribution in [2.75, 3.05) is 24.7 Å². The largest absolute Gasteiger partial charge is 0.479 e. The fourth-order valence-corrected chi connectivity index (χ4v) is 2.20. The Morgan fingerprint density at radius 3 is 2.94 bits per heavy atom. The molecule has 18 heavy (non-hydrogen) atoms. The molecule has 0 fully saturated rings. The van der Waals surface area contributed by atoms with Crippen LogP contribution >= 0.6 is 11.3 Å². The topological polar surface area (TPSA) is 86.0 Å². The van der Waals surface area contributed by atoms with Gasteiger partial charge in [0.15, 0.2) is 5.82 Å². The SMILES string of the molecule is COc1ncnc(NCC(C)c2nccs2)c1N. The summed E-state index contributed by atoms with van der Waals surface area (Å²) in [7, 11) is 1.53. The number of anilines is 2. The molecule has 0 radical (unpaired) electrons. The van der Waals surface area contributed by atoms with E-state index in [4.69, 9.17) is 10.5 Å². The second-order valence-corrected chi connectivity index (χ2v) is 4.72. The van der Waals surface area contributed by atoms with E-state index in [2.05, 4.69) is 27.2 Å². The van der Waals surface area contributed by atoms with Gasteiger partial charge in [-0.15, -0.1) is 11.3 Å². The molecule has 3 N–H and O–H groups in total. The molecule has 0 spiro atoms. The van der Waals surface area contributed by atoms with Gasteiger partial charge < -0.3 is 15.8 Å². The van der Waals surface area contributed by atoms with Gasteiger partial charge in [0.05, 0.1) is 12.1 Å². The first-order valence-corrected chi connectivity index (χ1v) is 6.38. The van der Waals surface area contributed by atoms with Crippen molar-refractivity contribution in [3.05, 3.63) is 22.9 Å². The van der Waals surface area contributed by atoms with Gasteiger partial charge in [-0.1, -0.05) is 6.92 Å². The van der Waals surface area contributed by atoms with Crippen LogP contribution in [0.1, 0.15) is 17.8 Å². The average Bonchev–Trinajstić information content (AvgIpc) is 2.91. The number of aromatic nitrogens is 3.